The monoisotopic (exact) mass is 228 g/mol. The Kier molecular flexibility index (Phi) is 3.89. The number of β-amino-alcohol motifs (C(OH)–C–C–N with tert-alkyl or cyclic N) is 1. The predicted molar refractivity (Wildman–Crippen MR) is 56.5 cm³/mol. The first kappa shape index (κ1) is 12.5. The van der Waals surface area contributed by atoms with Crippen LogP contribution < -0.4 is 0 Å². The minimum Gasteiger partial charge on any atom is -0.453 e. The molecular formula is C10H16N2O4. The average molecular weight is 228 g/mol. The largest absolute Gasteiger partial charge is 0.453 e. The highest BCUT2D eigenvalue weighted by Crippen LogP contribution is 2.18. The summed E-state index contributed by atoms with van der Waals surface area (Å²) < 4.78 is 4.54. The Hall–Kier alpha value is -1.56. The van der Waals surface area contributed by atoms with Gasteiger partial charge in [0.2, 0.25) is 5.91 Å². The molecule has 2 unspecified atom stereocenters. The van der Waals surface area contributed by atoms with Crippen LogP contribution in [0.4, 0.5) is 4.79 Å². The first-order valence-corrected chi connectivity index (χ1v) is 4.93. The summed E-state index contributed by atoms with van der Waals surface area (Å²) in [4.78, 5) is 25.7. The number of aliphatic hydroxyl groups is 1. The Morgan fingerprint density at radius 1 is 1.75 bits per heavy atom. The highest BCUT2D eigenvalue weighted by atomic mass is 16.5. The van der Waals surface area contributed by atoms with Crippen molar-refractivity contribution in [3.8, 4) is 0 Å². The number of ether oxygens (including phenoxy) is 1. The summed E-state index contributed by atoms with van der Waals surface area (Å²) >= 11 is 0. The van der Waals surface area contributed by atoms with E-state index in [0.29, 0.717) is 0 Å². The maximum absolute atomic E-state index is 11.8. The molecule has 6 heteroatoms. The van der Waals surface area contributed by atoms with Crippen LogP contribution in [0.3, 0.4) is 0 Å². The molecule has 1 N–H and O–H groups in total. The fourth-order valence-electron chi connectivity index (χ4n) is 1.73. The zero-order valence-electron chi connectivity index (χ0n) is 9.42. The van der Waals surface area contributed by atoms with Crippen LogP contribution in [0.1, 0.15) is 6.42 Å². The molecule has 0 aromatic carbocycles. The lowest BCUT2D eigenvalue weighted by molar-refractivity contribution is -0.151. The van der Waals surface area contributed by atoms with Crippen LogP contribution in [0, 0.1) is 0 Å². The number of likely N-dealkylation sites (N-methyl/N-ethyl adjacent to an activating group) is 1. The van der Waals surface area contributed by atoms with Crippen molar-refractivity contribution in [2.45, 2.75) is 18.7 Å². The van der Waals surface area contributed by atoms with Crippen molar-refractivity contribution < 1.29 is 19.4 Å². The molecule has 0 aromatic rings. The van der Waals surface area contributed by atoms with Crippen LogP contribution >= 0.6 is 0 Å². The Morgan fingerprint density at radius 3 is 2.88 bits per heavy atom. The predicted octanol–water partition coefficient (Wildman–Crippen LogP) is -0.210. The van der Waals surface area contributed by atoms with Crippen molar-refractivity contribution in [1.29, 1.82) is 0 Å². The number of piperazine rings is 1. The Balaban J connectivity index is 2.95. The number of hydrogen-bond donors (Lipinski definition) is 1. The van der Waals surface area contributed by atoms with E-state index in [1.54, 1.807) is 7.05 Å². The van der Waals surface area contributed by atoms with Gasteiger partial charge in [-0.15, -0.1) is 6.58 Å². The highest BCUT2D eigenvalue weighted by molar-refractivity contribution is 5.87. The summed E-state index contributed by atoms with van der Waals surface area (Å²) in [6, 6.07) is -0.737. The molecule has 0 spiro atoms. The summed E-state index contributed by atoms with van der Waals surface area (Å²) in [6.07, 6.45) is 0.0700. The lowest BCUT2D eigenvalue weighted by Crippen LogP contribution is -2.62. The van der Waals surface area contributed by atoms with Gasteiger partial charge in [0.25, 0.3) is 0 Å². The van der Waals surface area contributed by atoms with E-state index in [1.165, 1.54) is 18.1 Å². The summed E-state index contributed by atoms with van der Waals surface area (Å²) in [5, 5.41) is 9.75. The zero-order valence-corrected chi connectivity index (χ0v) is 9.42. The van der Waals surface area contributed by atoms with Crippen molar-refractivity contribution >= 4 is 12.0 Å². The van der Waals surface area contributed by atoms with Gasteiger partial charge in [-0.2, -0.15) is 0 Å². The first-order chi connectivity index (χ1) is 7.52. The fraction of sp³-hybridized carbons (Fsp3) is 0.600. The molecule has 0 aliphatic carbocycles. The van der Waals surface area contributed by atoms with E-state index < -0.39 is 18.4 Å². The number of rotatable bonds is 2. The SMILES string of the molecule is C=CCC1C(=O)N(C)CC(O)N1C(=O)OC. The third-order valence-corrected chi connectivity index (χ3v) is 2.53. The molecule has 1 aliphatic rings. The van der Waals surface area contributed by atoms with E-state index in [-0.39, 0.29) is 18.9 Å². The number of amides is 2. The normalized spacial score (nSPS) is 25.6. The molecule has 1 rings (SSSR count). The third kappa shape index (κ3) is 2.16. The molecule has 16 heavy (non-hydrogen) atoms. The van der Waals surface area contributed by atoms with Crippen LogP contribution in [0.25, 0.3) is 0 Å². The van der Waals surface area contributed by atoms with Crippen LogP contribution in [0.5, 0.6) is 0 Å². The molecule has 0 bridgehead atoms. The van der Waals surface area contributed by atoms with Crippen LogP contribution in [0.15, 0.2) is 12.7 Å². The van der Waals surface area contributed by atoms with Gasteiger partial charge >= 0.3 is 6.09 Å². The number of carbonyl (C=O) groups excluding carboxylic acids is 2. The van der Waals surface area contributed by atoms with Gasteiger partial charge in [-0.05, 0) is 6.42 Å². The number of hydrogen-bond acceptors (Lipinski definition) is 4. The van der Waals surface area contributed by atoms with Gasteiger partial charge in [-0.1, -0.05) is 6.08 Å². The Morgan fingerprint density at radius 2 is 2.38 bits per heavy atom. The molecule has 90 valence electrons. The Labute approximate surface area is 94.1 Å². The van der Waals surface area contributed by atoms with Crippen LogP contribution in [-0.4, -0.2) is 59.9 Å². The van der Waals surface area contributed by atoms with E-state index in [0.717, 1.165) is 4.90 Å². The lowest BCUT2D eigenvalue weighted by Gasteiger charge is -2.41. The van der Waals surface area contributed by atoms with Gasteiger partial charge in [0.1, 0.15) is 6.04 Å². The van der Waals surface area contributed by atoms with E-state index in [1.807, 2.05) is 0 Å². The zero-order chi connectivity index (χ0) is 12.3. The summed E-state index contributed by atoms with van der Waals surface area (Å²) in [5.74, 6) is -0.226. The van der Waals surface area contributed by atoms with E-state index in [9.17, 15) is 14.7 Å². The highest BCUT2D eigenvalue weighted by Gasteiger charge is 2.41. The average Bonchev–Trinajstić information content (AvgIpc) is 2.25. The van der Waals surface area contributed by atoms with Gasteiger partial charge in [-0.25, -0.2) is 4.79 Å². The quantitative estimate of drug-likeness (QED) is 0.664. The molecule has 2 atom stereocenters. The van der Waals surface area contributed by atoms with Gasteiger partial charge in [0.15, 0.2) is 6.23 Å². The van der Waals surface area contributed by atoms with Crippen LogP contribution in [-0.2, 0) is 9.53 Å². The number of carbonyl (C=O) groups is 2. The van der Waals surface area contributed by atoms with Crippen molar-refractivity contribution in [3.05, 3.63) is 12.7 Å². The van der Waals surface area contributed by atoms with Gasteiger partial charge in [-0.3, -0.25) is 9.69 Å². The third-order valence-electron chi connectivity index (χ3n) is 2.53. The Bertz CT molecular complexity index is 305. The van der Waals surface area contributed by atoms with Crippen molar-refractivity contribution in [1.82, 2.24) is 9.80 Å². The second-order valence-electron chi connectivity index (χ2n) is 3.62. The van der Waals surface area contributed by atoms with E-state index >= 15 is 0 Å². The van der Waals surface area contributed by atoms with Crippen molar-refractivity contribution in [2.24, 2.45) is 0 Å². The number of methoxy groups -OCH3 is 1. The van der Waals surface area contributed by atoms with Gasteiger partial charge in [0, 0.05) is 7.05 Å². The molecule has 1 aliphatic heterocycles. The number of aliphatic hydroxyl groups excluding tert-OH is 1. The van der Waals surface area contributed by atoms with Crippen molar-refractivity contribution in [3.63, 3.8) is 0 Å². The molecule has 1 heterocycles. The fourth-order valence-corrected chi connectivity index (χ4v) is 1.73. The van der Waals surface area contributed by atoms with Crippen molar-refractivity contribution in [2.75, 3.05) is 20.7 Å². The molecule has 0 saturated carbocycles. The second kappa shape index (κ2) is 4.98. The minimum atomic E-state index is -1.04. The summed E-state index contributed by atoms with van der Waals surface area (Å²) in [7, 11) is 2.79. The topological polar surface area (TPSA) is 70.1 Å². The number of nitrogens with zero attached hydrogens (tertiary/aromatic N) is 2. The summed E-state index contributed by atoms with van der Waals surface area (Å²) in [6.45, 7) is 3.61. The summed E-state index contributed by atoms with van der Waals surface area (Å²) in [5.41, 5.74) is 0. The van der Waals surface area contributed by atoms with Gasteiger partial charge in [0.05, 0.1) is 13.7 Å². The maximum Gasteiger partial charge on any atom is 0.412 e. The molecule has 1 fully saturated rings. The molecule has 2 amide bonds. The molecule has 0 aromatic heterocycles. The minimum absolute atomic E-state index is 0.0849. The second-order valence-corrected chi connectivity index (χ2v) is 3.62. The maximum atomic E-state index is 11.8. The molecule has 1 saturated heterocycles. The van der Waals surface area contributed by atoms with Crippen LogP contribution in [0.2, 0.25) is 0 Å². The molecular weight excluding hydrogens is 212 g/mol. The van der Waals surface area contributed by atoms with E-state index in [4.69, 9.17) is 0 Å². The lowest BCUT2D eigenvalue weighted by atomic mass is 10.1. The standard InChI is InChI=1S/C10H16N2O4/c1-4-5-7-9(14)11(2)6-8(13)12(7)10(15)16-3/h4,7-8,13H,1,5-6H2,2-3H3. The van der Waals surface area contributed by atoms with E-state index in [2.05, 4.69) is 11.3 Å². The smallest absolute Gasteiger partial charge is 0.412 e. The first-order valence-electron chi connectivity index (χ1n) is 4.93. The van der Waals surface area contributed by atoms with Gasteiger partial charge < -0.3 is 14.7 Å². The molecule has 6 nitrogen and oxygen atoms in total. The molecule has 0 radical (unpaired) electrons.